The van der Waals surface area contributed by atoms with Crippen molar-refractivity contribution in [2.45, 2.75) is 38.4 Å². The molecule has 0 spiro atoms. The Balaban J connectivity index is 2.71. The topological polar surface area (TPSA) is 40.5 Å². The molecule has 0 radical (unpaired) electrons. The molecular formula is C8H14F2O2. The van der Waals surface area contributed by atoms with Crippen molar-refractivity contribution in [3.05, 3.63) is 0 Å². The minimum atomic E-state index is -2.90. The molecule has 1 rings (SSSR count). The van der Waals surface area contributed by atoms with E-state index in [1.807, 2.05) is 0 Å². The number of hydrogen-bond donors (Lipinski definition) is 2. The molecule has 0 saturated heterocycles. The van der Waals surface area contributed by atoms with Crippen LogP contribution in [0.2, 0.25) is 0 Å². The van der Waals surface area contributed by atoms with E-state index in [4.69, 9.17) is 0 Å². The van der Waals surface area contributed by atoms with Crippen LogP contribution in [0.25, 0.3) is 0 Å². The fourth-order valence-corrected chi connectivity index (χ4v) is 1.76. The third kappa shape index (κ3) is 1.59. The highest BCUT2D eigenvalue weighted by Crippen LogP contribution is 2.40. The van der Waals surface area contributed by atoms with Crippen molar-refractivity contribution in [1.82, 2.24) is 0 Å². The molecular weight excluding hydrogens is 166 g/mol. The zero-order chi connectivity index (χ0) is 9.52. The number of aliphatic hydroxyl groups is 2. The van der Waals surface area contributed by atoms with Gasteiger partial charge in [-0.1, -0.05) is 6.92 Å². The van der Waals surface area contributed by atoms with Crippen molar-refractivity contribution < 1.29 is 19.0 Å². The first-order valence-corrected chi connectivity index (χ1v) is 4.08. The Labute approximate surface area is 70.2 Å². The van der Waals surface area contributed by atoms with Crippen molar-refractivity contribution in [1.29, 1.82) is 0 Å². The molecule has 0 aromatic rings. The molecule has 0 aromatic carbocycles. The van der Waals surface area contributed by atoms with Crippen LogP contribution in [-0.4, -0.2) is 28.3 Å². The summed E-state index contributed by atoms with van der Waals surface area (Å²) in [6.07, 6.45) is -2.09. The van der Waals surface area contributed by atoms with Crippen LogP contribution < -0.4 is 0 Å². The molecule has 0 amide bonds. The van der Waals surface area contributed by atoms with E-state index in [2.05, 4.69) is 0 Å². The second-order valence-corrected chi connectivity index (χ2v) is 3.76. The average molecular weight is 180 g/mol. The molecule has 1 saturated carbocycles. The van der Waals surface area contributed by atoms with Gasteiger partial charge in [-0.05, 0) is 19.3 Å². The second-order valence-electron chi connectivity index (χ2n) is 3.76. The normalized spacial score (nSPS) is 43.5. The van der Waals surface area contributed by atoms with Gasteiger partial charge in [0.15, 0.2) is 0 Å². The predicted octanol–water partition coefficient (Wildman–Crippen LogP) is 1.02. The van der Waals surface area contributed by atoms with Gasteiger partial charge in [0.2, 0.25) is 0 Å². The molecule has 4 heteroatoms. The van der Waals surface area contributed by atoms with Crippen LogP contribution in [0.5, 0.6) is 0 Å². The smallest absolute Gasteiger partial charge is 0.250 e. The van der Waals surface area contributed by atoms with E-state index >= 15 is 0 Å². The lowest BCUT2D eigenvalue weighted by molar-refractivity contribution is -0.0955. The molecule has 2 nitrogen and oxygen atoms in total. The van der Waals surface area contributed by atoms with E-state index in [1.165, 1.54) is 0 Å². The predicted molar refractivity (Wildman–Crippen MR) is 39.9 cm³/mol. The molecule has 0 unspecified atom stereocenters. The van der Waals surface area contributed by atoms with Crippen molar-refractivity contribution in [2.75, 3.05) is 0 Å². The van der Waals surface area contributed by atoms with Crippen LogP contribution in [-0.2, 0) is 0 Å². The molecule has 2 N–H and O–H groups in total. The van der Waals surface area contributed by atoms with Gasteiger partial charge >= 0.3 is 0 Å². The van der Waals surface area contributed by atoms with Crippen LogP contribution in [0.1, 0.15) is 20.3 Å². The monoisotopic (exact) mass is 180 g/mol. The minimum Gasteiger partial charge on any atom is -0.390 e. The van der Waals surface area contributed by atoms with Gasteiger partial charge in [-0.15, -0.1) is 0 Å². The maximum Gasteiger partial charge on any atom is 0.250 e. The molecule has 12 heavy (non-hydrogen) atoms. The Morgan fingerprint density at radius 2 is 1.75 bits per heavy atom. The molecule has 1 fully saturated rings. The summed E-state index contributed by atoms with van der Waals surface area (Å²) in [7, 11) is 0. The number of aliphatic hydroxyl groups excluding tert-OH is 2. The summed E-state index contributed by atoms with van der Waals surface area (Å²) in [5.41, 5.74) is 0. The third-order valence-electron chi connectivity index (χ3n) is 2.62. The zero-order valence-corrected chi connectivity index (χ0v) is 7.17. The summed E-state index contributed by atoms with van der Waals surface area (Å²) >= 11 is 0. The first kappa shape index (κ1) is 9.86. The van der Waals surface area contributed by atoms with E-state index < -0.39 is 24.0 Å². The Kier molecular flexibility index (Phi) is 2.40. The Morgan fingerprint density at radius 1 is 1.25 bits per heavy atom. The first-order valence-electron chi connectivity index (χ1n) is 4.08. The highest BCUT2D eigenvalue weighted by atomic mass is 19.3. The van der Waals surface area contributed by atoms with E-state index in [0.29, 0.717) is 0 Å². The van der Waals surface area contributed by atoms with Gasteiger partial charge in [-0.2, -0.15) is 0 Å². The van der Waals surface area contributed by atoms with Crippen molar-refractivity contribution in [2.24, 2.45) is 11.8 Å². The summed E-state index contributed by atoms with van der Waals surface area (Å²) < 4.78 is 25.5. The van der Waals surface area contributed by atoms with Gasteiger partial charge in [0.25, 0.3) is 5.92 Å². The van der Waals surface area contributed by atoms with Gasteiger partial charge in [-0.25, -0.2) is 8.78 Å². The highest BCUT2D eigenvalue weighted by Gasteiger charge is 2.49. The van der Waals surface area contributed by atoms with Crippen LogP contribution in [0.3, 0.4) is 0 Å². The van der Waals surface area contributed by atoms with Crippen LogP contribution in [0.4, 0.5) is 8.78 Å². The summed E-state index contributed by atoms with van der Waals surface area (Å²) in [5.74, 6) is -4.23. The molecule has 4 atom stereocenters. The highest BCUT2D eigenvalue weighted by molar-refractivity contribution is 4.94. The van der Waals surface area contributed by atoms with Gasteiger partial charge in [0.05, 0.1) is 18.1 Å². The number of hydrogen-bond acceptors (Lipinski definition) is 2. The van der Waals surface area contributed by atoms with E-state index in [0.717, 1.165) is 6.92 Å². The number of alkyl halides is 2. The minimum absolute atomic E-state index is 0.186. The molecule has 72 valence electrons. The average Bonchev–Trinajstić information content (AvgIpc) is 2.15. The molecule has 1 aliphatic carbocycles. The summed E-state index contributed by atoms with van der Waals surface area (Å²) in [5, 5.41) is 18.5. The second kappa shape index (κ2) is 2.92. The third-order valence-corrected chi connectivity index (χ3v) is 2.62. The SMILES string of the molecule is C[C@@H]1C[C@H](C(C)(F)F)[C@@H](O)[C@H]1O. The Morgan fingerprint density at radius 3 is 1.92 bits per heavy atom. The molecule has 0 aliphatic heterocycles. The Hall–Kier alpha value is -0.220. The quantitative estimate of drug-likeness (QED) is 0.632. The van der Waals surface area contributed by atoms with Gasteiger partial charge in [0.1, 0.15) is 0 Å². The van der Waals surface area contributed by atoms with Crippen molar-refractivity contribution in [3.8, 4) is 0 Å². The molecule has 0 bridgehead atoms. The maximum atomic E-state index is 12.8. The standard InChI is InChI=1S/C8H14F2O2/c1-4-3-5(8(2,9)10)7(12)6(4)11/h4-7,11-12H,3H2,1-2H3/t4-,5+,6+,7-/m1/s1. The van der Waals surface area contributed by atoms with Gasteiger partial charge in [0, 0.05) is 0 Å². The number of halogens is 2. The number of rotatable bonds is 1. The fraction of sp³-hybridized carbons (Fsp3) is 1.00. The summed E-state index contributed by atoms with van der Waals surface area (Å²) in [6, 6.07) is 0. The van der Waals surface area contributed by atoms with E-state index in [-0.39, 0.29) is 12.3 Å². The van der Waals surface area contributed by atoms with E-state index in [1.54, 1.807) is 6.92 Å². The molecule has 1 aliphatic rings. The van der Waals surface area contributed by atoms with Gasteiger partial charge in [-0.3, -0.25) is 0 Å². The maximum absolute atomic E-state index is 12.8. The molecule has 0 aromatic heterocycles. The summed E-state index contributed by atoms with van der Waals surface area (Å²) in [4.78, 5) is 0. The zero-order valence-electron chi connectivity index (χ0n) is 7.17. The van der Waals surface area contributed by atoms with E-state index in [9.17, 15) is 19.0 Å². The Bertz CT molecular complexity index is 167. The largest absolute Gasteiger partial charge is 0.390 e. The van der Waals surface area contributed by atoms with Gasteiger partial charge < -0.3 is 10.2 Å². The lowest BCUT2D eigenvalue weighted by atomic mass is 9.98. The van der Waals surface area contributed by atoms with Crippen molar-refractivity contribution in [3.63, 3.8) is 0 Å². The fourth-order valence-electron chi connectivity index (χ4n) is 1.76. The van der Waals surface area contributed by atoms with Crippen LogP contribution >= 0.6 is 0 Å². The lowest BCUT2D eigenvalue weighted by Crippen LogP contribution is -2.35. The van der Waals surface area contributed by atoms with Crippen LogP contribution in [0.15, 0.2) is 0 Å². The molecule has 0 heterocycles. The van der Waals surface area contributed by atoms with Crippen LogP contribution in [0, 0.1) is 11.8 Å². The first-order chi connectivity index (χ1) is 5.34. The van der Waals surface area contributed by atoms with Crippen molar-refractivity contribution >= 4 is 0 Å². The lowest BCUT2D eigenvalue weighted by Gasteiger charge is -2.22. The summed E-state index contributed by atoms with van der Waals surface area (Å²) in [6.45, 7) is 2.45.